The van der Waals surface area contributed by atoms with Crippen LogP contribution in [0.1, 0.15) is 31.2 Å². The van der Waals surface area contributed by atoms with Gasteiger partial charge in [0.1, 0.15) is 30.5 Å². The number of benzene rings is 3. The fourth-order valence-corrected chi connectivity index (χ4v) is 3.49. The van der Waals surface area contributed by atoms with Crippen molar-refractivity contribution in [2.45, 2.75) is 32.9 Å². The number of aromatic nitrogens is 2. The minimum atomic E-state index is 0.374. The lowest BCUT2D eigenvalue weighted by Gasteiger charge is -2.12. The molecule has 0 N–H and O–H groups in total. The summed E-state index contributed by atoms with van der Waals surface area (Å²) in [5, 5.41) is 0.688. The smallest absolute Gasteiger partial charge is 0.148 e. The Morgan fingerprint density at radius 3 is 2.27 bits per heavy atom. The van der Waals surface area contributed by atoms with Crippen molar-refractivity contribution < 1.29 is 9.47 Å². The minimum Gasteiger partial charge on any atom is -0.492 e. The SMILES string of the molecule is CC(C)c1ccc(OCCn2c(COc3ccc(Cl)cc3)nc3ccccc32)cc1. The second-order valence-corrected chi connectivity index (χ2v) is 7.92. The van der Waals surface area contributed by atoms with Gasteiger partial charge in [-0.3, -0.25) is 0 Å². The third kappa shape index (κ3) is 4.77. The van der Waals surface area contributed by atoms with Crippen LogP contribution in [0.4, 0.5) is 0 Å². The van der Waals surface area contributed by atoms with Crippen LogP contribution < -0.4 is 9.47 Å². The zero-order chi connectivity index (χ0) is 20.9. The average Bonchev–Trinajstić information content (AvgIpc) is 3.11. The van der Waals surface area contributed by atoms with Crippen molar-refractivity contribution in [2.75, 3.05) is 6.61 Å². The normalized spacial score (nSPS) is 11.2. The largest absolute Gasteiger partial charge is 0.492 e. The standard InChI is InChI=1S/C25H25ClN2O2/c1-18(2)19-7-11-21(12-8-19)29-16-15-28-24-6-4-3-5-23(24)27-25(28)17-30-22-13-9-20(26)10-14-22/h3-14,18H,15-17H2,1-2H3. The summed E-state index contributed by atoms with van der Waals surface area (Å²) in [6, 6.07) is 23.8. The lowest BCUT2D eigenvalue weighted by atomic mass is 10.0. The van der Waals surface area contributed by atoms with E-state index in [4.69, 9.17) is 26.1 Å². The van der Waals surface area contributed by atoms with Crippen LogP contribution in [0.3, 0.4) is 0 Å². The predicted octanol–water partition coefficient (Wildman–Crippen LogP) is 6.47. The van der Waals surface area contributed by atoms with Gasteiger partial charge in [0, 0.05) is 5.02 Å². The lowest BCUT2D eigenvalue weighted by Crippen LogP contribution is -2.13. The number of imidazole rings is 1. The van der Waals surface area contributed by atoms with Crippen molar-refractivity contribution in [3.05, 3.63) is 89.2 Å². The molecule has 1 aromatic heterocycles. The Hall–Kier alpha value is -2.98. The minimum absolute atomic E-state index is 0.374. The fraction of sp³-hybridized carbons (Fsp3) is 0.240. The Morgan fingerprint density at radius 1 is 0.867 bits per heavy atom. The van der Waals surface area contributed by atoms with Gasteiger partial charge in [-0.2, -0.15) is 0 Å². The van der Waals surface area contributed by atoms with E-state index in [0.29, 0.717) is 30.7 Å². The number of ether oxygens (including phenoxy) is 2. The molecule has 0 saturated heterocycles. The maximum Gasteiger partial charge on any atom is 0.148 e. The molecule has 4 nitrogen and oxygen atoms in total. The first kappa shape index (κ1) is 20.3. The number of rotatable bonds is 8. The van der Waals surface area contributed by atoms with E-state index in [1.165, 1.54) is 5.56 Å². The highest BCUT2D eigenvalue weighted by Gasteiger charge is 2.11. The Morgan fingerprint density at radius 2 is 1.53 bits per heavy atom. The van der Waals surface area contributed by atoms with E-state index in [1.54, 1.807) is 0 Å². The number of hydrogen-bond donors (Lipinski definition) is 0. The molecule has 0 aliphatic rings. The van der Waals surface area contributed by atoms with Gasteiger partial charge in [-0.05, 0) is 60.0 Å². The van der Waals surface area contributed by atoms with Crippen molar-refractivity contribution in [1.29, 1.82) is 0 Å². The molecule has 0 saturated carbocycles. The van der Waals surface area contributed by atoms with E-state index >= 15 is 0 Å². The molecule has 0 spiro atoms. The van der Waals surface area contributed by atoms with Gasteiger partial charge in [0.15, 0.2) is 0 Å². The highest BCUT2D eigenvalue weighted by atomic mass is 35.5. The molecule has 0 aliphatic heterocycles. The van der Waals surface area contributed by atoms with Gasteiger partial charge in [0.05, 0.1) is 17.6 Å². The van der Waals surface area contributed by atoms with Gasteiger partial charge < -0.3 is 14.0 Å². The molecule has 0 amide bonds. The molecule has 0 radical (unpaired) electrons. The monoisotopic (exact) mass is 420 g/mol. The highest BCUT2D eigenvalue weighted by molar-refractivity contribution is 6.30. The van der Waals surface area contributed by atoms with E-state index in [0.717, 1.165) is 28.4 Å². The molecule has 3 aromatic carbocycles. The van der Waals surface area contributed by atoms with Crippen molar-refractivity contribution in [3.8, 4) is 11.5 Å². The molecular formula is C25H25ClN2O2. The molecule has 0 unspecified atom stereocenters. The summed E-state index contributed by atoms with van der Waals surface area (Å²) >= 11 is 5.95. The maximum atomic E-state index is 5.99. The Labute approximate surface area is 182 Å². The Balaban J connectivity index is 1.46. The second-order valence-electron chi connectivity index (χ2n) is 7.48. The van der Waals surface area contributed by atoms with E-state index in [2.05, 4.69) is 36.6 Å². The number of halogens is 1. The summed E-state index contributed by atoms with van der Waals surface area (Å²) < 4.78 is 14.1. The molecule has 154 valence electrons. The fourth-order valence-electron chi connectivity index (χ4n) is 3.37. The van der Waals surface area contributed by atoms with Crippen LogP contribution in [0.25, 0.3) is 11.0 Å². The molecule has 0 atom stereocenters. The first-order chi connectivity index (χ1) is 14.6. The van der Waals surface area contributed by atoms with Crippen molar-refractivity contribution in [1.82, 2.24) is 9.55 Å². The average molecular weight is 421 g/mol. The number of para-hydroxylation sites is 2. The van der Waals surface area contributed by atoms with Gasteiger partial charge >= 0.3 is 0 Å². The van der Waals surface area contributed by atoms with Gasteiger partial charge in [-0.15, -0.1) is 0 Å². The van der Waals surface area contributed by atoms with Crippen molar-refractivity contribution in [2.24, 2.45) is 0 Å². The maximum absolute atomic E-state index is 5.99. The number of hydrogen-bond acceptors (Lipinski definition) is 3. The van der Waals surface area contributed by atoms with Crippen LogP contribution in [-0.2, 0) is 13.2 Å². The van der Waals surface area contributed by atoms with Crippen molar-refractivity contribution in [3.63, 3.8) is 0 Å². The molecule has 1 heterocycles. The summed E-state index contributed by atoms with van der Waals surface area (Å²) in [4.78, 5) is 4.76. The predicted molar refractivity (Wildman–Crippen MR) is 122 cm³/mol. The Kier molecular flexibility index (Phi) is 6.24. The van der Waals surface area contributed by atoms with Crippen LogP contribution in [0.15, 0.2) is 72.8 Å². The molecule has 0 bridgehead atoms. The van der Waals surface area contributed by atoms with E-state index < -0.39 is 0 Å². The molecule has 5 heteroatoms. The highest BCUT2D eigenvalue weighted by Crippen LogP contribution is 2.21. The van der Waals surface area contributed by atoms with Crippen LogP contribution in [0.2, 0.25) is 5.02 Å². The summed E-state index contributed by atoms with van der Waals surface area (Å²) in [7, 11) is 0. The molecule has 4 rings (SSSR count). The molecular weight excluding hydrogens is 396 g/mol. The summed E-state index contributed by atoms with van der Waals surface area (Å²) in [6.07, 6.45) is 0. The molecule has 0 fully saturated rings. The van der Waals surface area contributed by atoms with E-state index in [1.807, 2.05) is 54.6 Å². The quantitative estimate of drug-likeness (QED) is 0.327. The molecule has 0 aliphatic carbocycles. The second kappa shape index (κ2) is 9.23. The first-order valence-corrected chi connectivity index (χ1v) is 10.5. The van der Waals surface area contributed by atoms with Gasteiger partial charge in [0.2, 0.25) is 0 Å². The summed E-state index contributed by atoms with van der Waals surface area (Å²) in [5.74, 6) is 3.02. The topological polar surface area (TPSA) is 36.3 Å². The number of fused-ring (bicyclic) bond motifs is 1. The lowest BCUT2D eigenvalue weighted by molar-refractivity contribution is 0.272. The number of nitrogens with zero attached hydrogens (tertiary/aromatic N) is 2. The third-order valence-electron chi connectivity index (χ3n) is 5.05. The van der Waals surface area contributed by atoms with E-state index in [9.17, 15) is 0 Å². The van der Waals surface area contributed by atoms with Crippen molar-refractivity contribution >= 4 is 22.6 Å². The Bertz CT molecular complexity index is 1100. The third-order valence-corrected chi connectivity index (χ3v) is 5.30. The van der Waals surface area contributed by atoms with Crippen LogP contribution in [0, 0.1) is 0 Å². The van der Waals surface area contributed by atoms with Crippen LogP contribution >= 0.6 is 11.6 Å². The first-order valence-electron chi connectivity index (χ1n) is 10.2. The molecule has 30 heavy (non-hydrogen) atoms. The molecule has 4 aromatic rings. The van der Waals surface area contributed by atoms with E-state index in [-0.39, 0.29) is 0 Å². The van der Waals surface area contributed by atoms with Gasteiger partial charge in [0.25, 0.3) is 0 Å². The van der Waals surface area contributed by atoms with Crippen LogP contribution in [-0.4, -0.2) is 16.2 Å². The zero-order valence-corrected chi connectivity index (χ0v) is 18.0. The van der Waals surface area contributed by atoms with Gasteiger partial charge in [-0.1, -0.05) is 49.7 Å². The summed E-state index contributed by atoms with van der Waals surface area (Å²) in [5.41, 5.74) is 3.34. The van der Waals surface area contributed by atoms with Gasteiger partial charge in [-0.25, -0.2) is 4.98 Å². The zero-order valence-electron chi connectivity index (χ0n) is 17.2. The van der Waals surface area contributed by atoms with Crippen LogP contribution in [0.5, 0.6) is 11.5 Å². The summed E-state index contributed by atoms with van der Waals surface area (Å²) in [6.45, 7) is 5.99.